The number of hydrogen-bond acceptors (Lipinski definition) is 4. The minimum absolute atomic E-state index is 0.0328. The van der Waals surface area contributed by atoms with Crippen LogP contribution in [0, 0.1) is 5.92 Å². The molecule has 1 atom stereocenters. The van der Waals surface area contributed by atoms with Crippen LogP contribution in [0.5, 0.6) is 0 Å². The zero-order valence-electron chi connectivity index (χ0n) is 9.23. The van der Waals surface area contributed by atoms with E-state index in [1.807, 2.05) is 0 Å². The maximum absolute atomic E-state index is 11.7. The minimum atomic E-state index is 0.0328. The molecule has 4 heteroatoms. The summed E-state index contributed by atoms with van der Waals surface area (Å²) in [4.78, 5) is 15.7. The first-order valence-electron chi connectivity index (χ1n) is 5.62. The molecule has 0 bridgehead atoms. The highest BCUT2D eigenvalue weighted by molar-refractivity contribution is 5.82. The Hall–Kier alpha value is -1.42. The van der Waals surface area contributed by atoms with E-state index in [1.165, 1.54) is 12.8 Å². The first-order chi connectivity index (χ1) is 7.66. The number of ketones is 1. The Balaban J connectivity index is 1.89. The molecule has 1 aliphatic carbocycles. The van der Waals surface area contributed by atoms with Crippen molar-refractivity contribution in [3.05, 3.63) is 24.0 Å². The van der Waals surface area contributed by atoms with E-state index in [0.717, 1.165) is 5.56 Å². The molecule has 4 N–H and O–H groups in total. The summed E-state index contributed by atoms with van der Waals surface area (Å²) in [6, 6.07) is 1.74. The van der Waals surface area contributed by atoms with Crippen LogP contribution in [0.3, 0.4) is 0 Å². The lowest BCUT2D eigenvalue weighted by Crippen LogP contribution is -2.26. The molecule has 0 saturated heterocycles. The van der Waals surface area contributed by atoms with Gasteiger partial charge in [0.05, 0.1) is 0 Å². The number of carbonyl (C=O) groups is 1. The van der Waals surface area contributed by atoms with Crippen LogP contribution in [0.15, 0.2) is 18.5 Å². The summed E-state index contributed by atoms with van der Waals surface area (Å²) in [5, 5.41) is 0. The van der Waals surface area contributed by atoms with Gasteiger partial charge in [0.25, 0.3) is 0 Å². The highest BCUT2D eigenvalue weighted by Crippen LogP contribution is 2.33. The van der Waals surface area contributed by atoms with Gasteiger partial charge in [0.1, 0.15) is 5.78 Å². The zero-order valence-corrected chi connectivity index (χ0v) is 9.23. The molecule has 0 aliphatic heterocycles. The third-order valence-electron chi connectivity index (χ3n) is 3.02. The SMILES string of the molecule is Nc1ccncc1CC(=O)CC(N)C1CC1. The molecule has 1 aromatic heterocycles. The van der Waals surface area contributed by atoms with Gasteiger partial charge < -0.3 is 11.5 Å². The summed E-state index contributed by atoms with van der Waals surface area (Å²) >= 11 is 0. The lowest BCUT2D eigenvalue weighted by atomic mass is 10.0. The van der Waals surface area contributed by atoms with Gasteiger partial charge >= 0.3 is 0 Å². The van der Waals surface area contributed by atoms with Crippen LogP contribution in [0.25, 0.3) is 0 Å². The third kappa shape index (κ3) is 2.79. The maximum Gasteiger partial charge on any atom is 0.138 e. The summed E-state index contributed by atoms with van der Waals surface area (Å²) < 4.78 is 0. The van der Waals surface area contributed by atoms with Gasteiger partial charge in [-0.3, -0.25) is 9.78 Å². The Morgan fingerprint density at radius 1 is 1.56 bits per heavy atom. The number of anilines is 1. The highest BCUT2D eigenvalue weighted by Gasteiger charge is 2.29. The summed E-state index contributed by atoms with van der Waals surface area (Å²) in [5.74, 6) is 0.717. The molecular formula is C12H17N3O. The molecule has 0 radical (unpaired) electrons. The normalized spacial score (nSPS) is 17.1. The monoisotopic (exact) mass is 219 g/mol. The molecule has 1 fully saturated rings. The average Bonchev–Trinajstić information content (AvgIpc) is 3.04. The molecule has 2 rings (SSSR count). The first kappa shape index (κ1) is 11.1. The molecule has 1 saturated carbocycles. The zero-order chi connectivity index (χ0) is 11.5. The Morgan fingerprint density at radius 2 is 2.31 bits per heavy atom. The molecule has 1 aromatic rings. The molecule has 1 heterocycles. The van der Waals surface area contributed by atoms with Gasteiger partial charge in [-0.25, -0.2) is 0 Å². The largest absolute Gasteiger partial charge is 0.398 e. The van der Waals surface area contributed by atoms with Crippen molar-refractivity contribution in [3.63, 3.8) is 0 Å². The number of nitrogen functional groups attached to an aromatic ring is 1. The predicted molar refractivity (Wildman–Crippen MR) is 62.7 cm³/mol. The second kappa shape index (κ2) is 4.61. The van der Waals surface area contributed by atoms with Crippen LogP contribution in [0.1, 0.15) is 24.8 Å². The van der Waals surface area contributed by atoms with Gasteiger partial charge in [0.15, 0.2) is 0 Å². The van der Waals surface area contributed by atoms with Crippen LogP contribution in [-0.2, 0) is 11.2 Å². The van der Waals surface area contributed by atoms with Crippen LogP contribution < -0.4 is 11.5 Å². The van der Waals surface area contributed by atoms with Crippen LogP contribution in [0.2, 0.25) is 0 Å². The summed E-state index contributed by atoms with van der Waals surface area (Å²) in [7, 11) is 0. The van der Waals surface area contributed by atoms with E-state index in [1.54, 1.807) is 18.5 Å². The van der Waals surface area contributed by atoms with Gasteiger partial charge in [0, 0.05) is 42.5 Å². The molecule has 1 unspecified atom stereocenters. The van der Waals surface area contributed by atoms with E-state index >= 15 is 0 Å². The first-order valence-corrected chi connectivity index (χ1v) is 5.62. The van der Waals surface area contributed by atoms with Gasteiger partial charge in [-0.1, -0.05) is 0 Å². The topological polar surface area (TPSA) is 82.0 Å². The lowest BCUT2D eigenvalue weighted by molar-refractivity contribution is -0.118. The van der Waals surface area contributed by atoms with Crippen LogP contribution in [-0.4, -0.2) is 16.8 Å². The van der Waals surface area contributed by atoms with Gasteiger partial charge in [-0.15, -0.1) is 0 Å². The Kier molecular flexibility index (Phi) is 3.19. The molecule has 4 nitrogen and oxygen atoms in total. The number of nitrogens with zero attached hydrogens (tertiary/aromatic N) is 1. The van der Waals surface area contributed by atoms with Crippen LogP contribution in [0.4, 0.5) is 5.69 Å². The number of aromatic nitrogens is 1. The molecule has 0 aromatic carbocycles. The van der Waals surface area contributed by atoms with E-state index in [4.69, 9.17) is 11.5 Å². The molecule has 16 heavy (non-hydrogen) atoms. The summed E-state index contributed by atoms with van der Waals surface area (Å²) in [6.45, 7) is 0. The van der Waals surface area contributed by atoms with Crippen LogP contribution >= 0.6 is 0 Å². The van der Waals surface area contributed by atoms with Crippen molar-refractivity contribution >= 4 is 11.5 Å². The van der Waals surface area contributed by atoms with Crippen molar-refractivity contribution in [2.75, 3.05) is 5.73 Å². The standard InChI is InChI=1S/C12H17N3O/c13-11-3-4-15-7-9(11)5-10(16)6-12(14)8-1-2-8/h3-4,7-8,12H,1-2,5-6,14H2,(H2,13,15). The lowest BCUT2D eigenvalue weighted by Gasteiger charge is -2.09. The van der Waals surface area contributed by atoms with E-state index in [0.29, 0.717) is 24.4 Å². The summed E-state index contributed by atoms with van der Waals surface area (Å²) in [5.41, 5.74) is 13.1. The number of nitrogens with two attached hydrogens (primary N) is 2. The van der Waals surface area contributed by atoms with E-state index in [9.17, 15) is 4.79 Å². The van der Waals surface area contributed by atoms with E-state index in [2.05, 4.69) is 4.98 Å². The number of pyridine rings is 1. The predicted octanol–water partition coefficient (Wildman–Crippen LogP) is 0.903. The van der Waals surface area contributed by atoms with E-state index < -0.39 is 0 Å². The molecule has 0 spiro atoms. The van der Waals surface area contributed by atoms with Crippen molar-refractivity contribution in [1.82, 2.24) is 4.98 Å². The number of Topliss-reactive ketones (excluding diaryl/α,β-unsaturated/α-hetero) is 1. The second-order valence-corrected chi connectivity index (χ2v) is 4.50. The van der Waals surface area contributed by atoms with Crippen molar-refractivity contribution in [2.24, 2.45) is 11.7 Å². The van der Waals surface area contributed by atoms with Crippen molar-refractivity contribution in [2.45, 2.75) is 31.7 Å². The molecular weight excluding hydrogens is 202 g/mol. The second-order valence-electron chi connectivity index (χ2n) is 4.50. The Bertz CT molecular complexity index is 388. The van der Waals surface area contributed by atoms with Crippen molar-refractivity contribution in [1.29, 1.82) is 0 Å². The fourth-order valence-corrected chi connectivity index (χ4v) is 1.82. The Labute approximate surface area is 95.0 Å². The minimum Gasteiger partial charge on any atom is -0.398 e. The highest BCUT2D eigenvalue weighted by atomic mass is 16.1. The fraction of sp³-hybridized carbons (Fsp3) is 0.500. The summed E-state index contributed by atoms with van der Waals surface area (Å²) in [6.07, 6.45) is 6.42. The molecule has 0 amide bonds. The molecule has 86 valence electrons. The Morgan fingerprint density at radius 3 is 2.94 bits per heavy atom. The third-order valence-corrected chi connectivity index (χ3v) is 3.02. The maximum atomic E-state index is 11.7. The fourth-order valence-electron chi connectivity index (χ4n) is 1.82. The number of rotatable bonds is 5. The van der Waals surface area contributed by atoms with Gasteiger partial charge in [-0.2, -0.15) is 0 Å². The van der Waals surface area contributed by atoms with Crippen molar-refractivity contribution < 1.29 is 4.79 Å². The van der Waals surface area contributed by atoms with Gasteiger partial charge in [-0.05, 0) is 24.8 Å². The van der Waals surface area contributed by atoms with E-state index in [-0.39, 0.29) is 11.8 Å². The number of carbonyl (C=O) groups excluding carboxylic acids is 1. The molecule has 1 aliphatic rings. The smallest absolute Gasteiger partial charge is 0.138 e. The number of hydrogen-bond donors (Lipinski definition) is 2. The quantitative estimate of drug-likeness (QED) is 0.771. The van der Waals surface area contributed by atoms with Crippen molar-refractivity contribution in [3.8, 4) is 0 Å². The average molecular weight is 219 g/mol. The van der Waals surface area contributed by atoms with Gasteiger partial charge in [0.2, 0.25) is 0 Å².